The number of fused-ring (bicyclic) bond motifs is 1. The first-order valence-corrected chi connectivity index (χ1v) is 6.62. The number of carbonyl (C=O) groups is 2. The van der Waals surface area contributed by atoms with Gasteiger partial charge in [-0.3, -0.25) is 0 Å². The van der Waals surface area contributed by atoms with Gasteiger partial charge in [0.25, 0.3) is 0 Å². The summed E-state index contributed by atoms with van der Waals surface area (Å²) in [6.45, 7) is 1.97. The third kappa shape index (κ3) is 3.35. The summed E-state index contributed by atoms with van der Waals surface area (Å²) in [7, 11) is 0. The van der Waals surface area contributed by atoms with Crippen molar-refractivity contribution in [1.29, 1.82) is 0 Å². The predicted molar refractivity (Wildman–Crippen MR) is 75.0 cm³/mol. The van der Waals surface area contributed by atoms with Crippen molar-refractivity contribution in [2.24, 2.45) is 0 Å². The molecular formula is C16H16O4. The van der Waals surface area contributed by atoms with E-state index in [4.69, 9.17) is 0 Å². The van der Waals surface area contributed by atoms with Crippen LogP contribution in [0.25, 0.3) is 10.8 Å². The Morgan fingerprint density at radius 3 is 2.55 bits per heavy atom. The fraction of sp³-hybridized carbons (Fsp3) is 0.250. The summed E-state index contributed by atoms with van der Waals surface area (Å²) in [5.74, 6) is -1.19. The lowest BCUT2D eigenvalue weighted by Crippen LogP contribution is -2.11. The van der Waals surface area contributed by atoms with Crippen LogP contribution in [0.2, 0.25) is 0 Å². The van der Waals surface area contributed by atoms with E-state index in [9.17, 15) is 9.59 Å². The van der Waals surface area contributed by atoms with Gasteiger partial charge in [0.1, 0.15) is 0 Å². The highest BCUT2D eigenvalue weighted by Gasteiger charge is 2.14. The number of unbranched alkanes of at least 4 members (excludes halogenated alkanes) is 1. The molecule has 0 aliphatic carbocycles. The highest BCUT2D eigenvalue weighted by molar-refractivity contribution is 6.04. The molecule has 0 N–H and O–H groups in total. The second-order valence-corrected chi connectivity index (χ2v) is 4.46. The number of benzene rings is 2. The molecule has 4 heteroatoms. The van der Waals surface area contributed by atoms with E-state index < -0.39 is 11.9 Å². The lowest BCUT2D eigenvalue weighted by molar-refractivity contribution is -0.234. The molecule has 0 unspecified atom stereocenters. The predicted octanol–water partition coefficient (Wildman–Crippen LogP) is 3.65. The summed E-state index contributed by atoms with van der Waals surface area (Å²) in [4.78, 5) is 32.4. The molecule has 0 heterocycles. The van der Waals surface area contributed by atoms with Gasteiger partial charge in [0.2, 0.25) is 0 Å². The normalized spacial score (nSPS) is 10.2. The topological polar surface area (TPSA) is 52.6 Å². The average molecular weight is 272 g/mol. The van der Waals surface area contributed by atoms with Gasteiger partial charge in [-0.2, -0.15) is 0 Å². The molecule has 2 aromatic rings. The molecule has 0 saturated carbocycles. The lowest BCUT2D eigenvalue weighted by atomic mass is 10.1. The van der Waals surface area contributed by atoms with Crippen molar-refractivity contribution >= 4 is 22.7 Å². The van der Waals surface area contributed by atoms with Crippen LogP contribution < -0.4 is 0 Å². The third-order valence-corrected chi connectivity index (χ3v) is 2.95. The van der Waals surface area contributed by atoms with Crippen LogP contribution in [-0.2, 0) is 14.6 Å². The Morgan fingerprint density at radius 2 is 1.75 bits per heavy atom. The molecule has 0 saturated heterocycles. The van der Waals surface area contributed by atoms with Gasteiger partial charge in [-0.1, -0.05) is 49.7 Å². The SMILES string of the molecule is CCCCC(=O)OOC(=O)c1cccc2ccccc12. The van der Waals surface area contributed by atoms with Crippen molar-refractivity contribution in [3.8, 4) is 0 Å². The van der Waals surface area contributed by atoms with Crippen molar-refractivity contribution in [3.05, 3.63) is 48.0 Å². The largest absolute Gasteiger partial charge is 0.386 e. The van der Waals surface area contributed by atoms with Crippen molar-refractivity contribution in [3.63, 3.8) is 0 Å². The second kappa shape index (κ2) is 6.70. The van der Waals surface area contributed by atoms with Gasteiger partial charge in [-0.05, 0) is 23.3 Å². The number of rotatable bonds is 4. The van der Waals surface area contributed by atoms with Crippen LogP contribution >= 0.6 is 0 Å². The smallest absolute Gasteiger partial charge is 0.247 e. The molecule has 20 heavy (non-hydrogen) atoms. The lowest BCUT2D eigenvalue weighted by Gasteiger charge is -2.05. The Labute approximate surface area is 117 Å². The summed E-state index contributed by atoms with van der Waals surface area (Å²) in [6, 6.07) is 12.8. The maximum absolute atomic E-state index is 11.9. The minimum absolute atomic E-state index is 0.249. The van der Waals surface area contributed by atoms with Gasteiger partial charge in [0.15, 0.2) is 0 Å². The molecular weight excluding hydrogens is 256 g/mol. The van der Waals surface area contributed by atoms with Crippen LogP contribution in [0.3, 0.4) is 0 Å². The zero-order valence-electron chi connectivity index (χ0n) is 11.3. The van der Waals surface area contributed by atoms with Crippen molar-refractivity contribution < 1.29 is 19.4 Å². The number of carbonyl (C=O) groups excluding carboxylic acids is 2. The van der Waals surface area contributed by atoms with E-state index in [1.165, 1.54) is 0 Å². The molecule has 4 nitrogen and oxygen atoms in total. The minimum atomic E-state index is -0.661. The quantitative estimate of drug-likeness (QED) is 0.629. The van der Waals surface area contributed by atoms with Crippen LogP contribution in [0, 0.1) is 0 Å². The maximum atomic E-state index is 11.9. The van der Waals surface area contributed by atoms with Crippen molar-refractivity contribution in [2.45, 2.75) is 26.2 Å². The van der Waals surface area contributed by atoms with Crippen molar-refractivity contribution in [1.82, 2.24) is 0 Å². The van der Waals surface area contributed by atoms with Crippen molar-refractivity contribution in [2.75, 3.05) is 0 Å². The average Bonchev–Trinajstić information content (AvgIpc) is 2.50. The zero-order valence-corrected chi connectivity index (χ0v) is 11.3. The third-order valence-electron chi connectivity index (χ3n) is 2.95. The summed E-state index contributed by atoms with van der Waals surface area (Å²) in [6.07, 6.45) is 1.84. The Hall–Kier alpha value is -2.36. The molecule has 104 valence electrons. The fourth-order valence-corrected chi connectivity index (χ4v) is 1.90. The van der Waals surface area contributed by atoms with Crippen LogP contribution in [0.1, 0.15) is 36.5 Å². The van der Waals surface area contributed by atoms with E-state index in [1.807, 2.05) is 37.3 Å². The van der Waals surface area contributed by atoms with Crippen LogP contribution in [0.5, 0.6) is 0 Å². The van der Waals surface area contributed by atoms with E-state index in [0.717, 1.165) is 17.2 Å². The minimum Gasteiger partial charge on any atom is -0.247 e. The molecule has 0 fully saturated rings. The summed E-state index contributed by atoms with van der Waals surface area (Å²) < 4.78 is 0. The fourth-order valence-electron chi connectivity index (χ4n) is 1.90. The molecule has 0 amide bonds. The zero-order chi connectivity index (χ0) is 14.4. The van der Waals surface area contributed by atoms with Gasteiger partial charge >= 0.3 is 11.9 Å². The van der Waals surface area contributed by atoms with Crippen LogP contribution in [0.4, 0.5) is 0 Å². The summed E-state index contributed by atoms with van der Waals surface area (Å²) >= 11 is 0. The van der Waals surface area contributed by atoms with Gasteiger partial charge in [0, 0.05) is 0 Å². The number of hydrogen-bond acceptors (Lipinski definition) is 4. The standard InChI is InChI=1S/C16H16O4/c1-2-3-11-15(17)19-20-16(18)14-10-6-8-12-7-4-5-9-13(12)14/h4-10H,2-3,11H2,1H3. The van der Waals surface area contributed by atoms with Gasteiger partial charge < -0.3 is 0 Å². The number of hydrogen-bond donors (Lipinski definition) is 0. The first kappa shape index (κ1) is 14.1. The second-order valence-electron chi connectivity index (χ2n) is 4.46. The maximum Gasteiger partial charge on any atom is 0.386 e. The Bertz CT molecular complexity index is 613. The molecule has 0 radical (unpaired) electrons. The molecule has 0 aliphatic rings. The summed E-state index contributed by atoms with van der Waals surface area (Å²) in [5, 5.41) is 1.70. The Balaban J connectivity index is 2.06. The van der Waals surface area contributed by atoms with E-state index >= 15 is 0 Å². The Kier molecular flexibility index (Phi) is 4.71. The van der Waals surface area contributed by atoms with E-state index in [-0.39, 0.29) is 6.42 Å². The molecule has 0 atom stereocenters. The highest BCUT2D eigenvalue weighted by Crippen LogP contribution is 2.19. The molecule has 0 bridgehead atoms. The van der Waals surface area contributed by atoms with E-state index in [1.54, 1.807) is 12.1 Å². The molecule has 0 spiro atoms. The molecule has 0 aromatic heterocycles. The first-order valence-electron chi connectivity index (χ1n) is 6.62. The van der Waals surface area contributed by atoms with Gasteiger partial charge in [0.05, 0.1) is 12.0 Å². The van der Waals surface area contributed by atoms with E-state index in [0.29, 0.717) is 12.0 Å². The van der Waals surface area contributed by atoms with Crippen LogP contribution in [0.15, 0.2) is 42.5 Å². The first-order chi connectivity index (χ1) is 9.72. The van der Waals surface area contributed by atoms with E-state index in [2.05, 4.69) is 9.78 Å². The van der Waals surface area contributed by atoms with Crippen LogP contribution in [-0.4, -0.2) is 11.9 Å². The highest BCUT2D eigenvalue weighted by atomic mass is 17.2. The summed E-state index contributed by atoms with van der Waals surface area (Å²) in [5.41, 5.74) is 0.381. The molecule has 2 rings (SSSR count). The Morgan fingerprint density at radius 1 is 1.00 bits per heavy atom. The van der Waals surface area contributed by atoms with Gasteiger partial charge in [-0.15, -0.1) is 0 Å². The molecule has 2 aromatic carbocycles. The molecule has 0 aliphatic heterocycles. The monoisotopic (exact) mass is 272 g/mol. The van der Waals surface area contributed by atoms with Gasteiger partial charge in [-0.25, -0.2) is 19.4 Å².